The van der Waals surface area contributed by atoms with Gasteiger partial charge in [0.15, 0.2) is 5.69 Å². The summed E-state index contributed by atoms with van der Waals surface area (Å²) >= 11 is 0. The first-order valence-electron chi connectivity index (χ1n) is 9.52. The number of hydrogen-bond acceptors (Lipinski definition) is 6. The van der Waals surface area contributed by atoms with Gasteiger partial charge in [-0.25, -0.2) is 4.98 Å². The van der Waals surface area contributed by atoms with E-state index in [0.717, 1.165) is 12.8 Å². The Labute approximate surface area is 160 Å². The van der Waals surface area contributed by atoms with E-state index >= 15 is 0 Å². The van der Waals surface area contributed by atoms with Gasteiger partial charge in [-0.15, -0.1) is 0 Å². The molecule has 2 amide bonds. The van der Waals surface area contributed by atoms with Gasteiger partial charge in [-0.2, -0.15) is 0 Å². The molecule has 1 N–H and O–H groups in total. The van der Waals surface area contributed by atoms with Crippen LogP contribution >= 0.6 is 0 Å². The lowest BCUT2D eigenvalue weighted by atomic mass is 10.2. The summed E-state index contributed by atoms with van der Waals surface area (Å²) in [5.41, 5.74) is 0.188. The molecular formula is C19H31N3O5. The van der Waals surface area contributed by atoms with Crippen molar-refractivity contribution in [3.8, 4) is 0 Å². The van der Waals surface area contributed by atoms with E-state index in [-0.39, 0.29) is 54.9 Å². The predicted molar refractivity (Wildman–Crippen MR) is 99.9 cm³/mol. The first-order chi connectivity index (χ1) is 12.8. The Kier molecular flexibility index (Phi) is 9.53. The van der Waals surface area contributed by atoms with Gasteiger partial charge in [-0.05, 0) is 33.6 Å². The fourth-order valence-electron chi connectivity index (χ4n) is 2.33. The summed E-state index contributed by atoms with van der Waals surface area (Å²) in [5.74, 6) is -0.589. The Hall–Kier alpha value is -2.38. The number of carbonyl (C=O) groups is 3. The molecule has 0 radical (unpaired) electrons. The van der Waals surface area contributed by atoms with E-state index in [9.17, 15) is 14.4 Å². The van der Waals surface area contributed by atoms with Crippen molar-refractivity contribution in [3.05, 3.63) is 17.8 Å². The van der Waals surface area contributed by atoms with Crippen molar-refractivity contribution in [1.29, 1.82) is 0 Å². The second-order valence-electron chi connectivity index (χ2n) is 6.49. The molecule has 1 aromatic rings. The van der Waals surface area contributed by atoms with E-state index in [2.05, 4.69) is 10.3 Å². The second kappa shape index (κ2) is 11.4. The lowest BCUT2D eigenvalue weighted by Crippen LogP contribution is -2.38. The van der Waals surface area contributed by atoms with Crippen molar-refractivity contribution in [1.82, 2.24) is 15.2 Å². The number of oxazole rings is 1. The van der Waals surface area contributed by atoms with Crippen LogP contribution in [0.1, 0.15) is 76.7 Å². The Morgan fingerprint density at radius 1 is 1.19 bits per heavy atom. The molecule has 0 saturated heterocycles. The first-order valence-corrected chi connectivity index (χ1v) is 9.52. The number of aromatic nitrogens is 1. The van der Waals surface area contributed by atoms with Crippen LogP contribution in [0.2, 0.25) is 0 Å². The molecule has 0 aliphatic rings. The third kappa shape index (κ3) is 7.40. The van der Waals surface area contributed by atoms with E-state index in [1.165, 1.54) is 6.26 Å². The molecular weight excluding hydrogens is 350 g/mol. The quantitative estimate of drug-likeness (QED) is 0.591. The normalized spacial score (nSPS) is 12.9. The van der Waals surface area contributed by atoms with Gasteiger partial charge in [0, 0.05) is 18.5 Å². The summed E-state index contributed by atoms with van der Waals surface area (Å²) in [7, 11) is 0. The van der Waals surface area contributed by atoms with Crippen molar-refractivity contribution < 1.29 is 23.5 Å². The molecule has 0 bridgehead atoms. The minimum Gasteiger partial charge on any atom is -0.466 e. The Morgan fingerprint density at radius 3 is 2.48 bits per heavy atom. The summed E-state index contributed by atoms with van der Waals surface area (Å²) in [6.07, 6.45) is 2.95. The highest BCUT2D eigenvalue weighted by Crippen LogP contribution is 2.14. The molecule has 0 aliphatic heterocycles. The molecule has 152 valence electrons. The van der Waals surface area contributed by atoms with Crippen LogP contribution in [0.3, 0.4) is 0 Å². The maximum atomic E-state index is 12.6. The summed E-state index contributed by atoms with van der Waals surface area (Å²) in [5, 5.41) is 2.82. The average molecular weight is 381 g/mol. The Bertz CT molecular complexity index is 629. The number of esters is 1. The summed E-state index contributed by atoms with van der Waals surface area (Å²) < 4.78 is 10.2. The first kappa shape index (κ1) is 22.7. The zero-order valence-corrected chi connectivity index (χ0v) is 16.9. The van der Waals surface area contributed by atoms with E-state index < -0.39 is 5.97 Å². The van der Waals surface area contributed by atoms with Crippen LogP contribution in [0.4, 0.5) is 0 Å². The Morgan fingerprint density at radius 2 is 1.89 bits per heavy atom. The lowest BCUT2D eigenvalue weighted by Gasteiger charge is -2.27. The minimum absolute atomic E-state index is 0.0355. The molecule has 0 aliphatic carbocycles. The molecule has 2 unspecified atom stereocenters. The van der Waals surface area contributed by atoms with Crippen LogP contribution in [0.5, 0.6) is 0 Å². The lowest BCUT2D eigenvalue weighted by molar-refractivity contribution is -0.146. The van der Waals surface area contributed by atoms with Crippen molar-refractivity contribution in [2.75, 3.05) is 6.61 Å². The van der Waals surface area contributed by atoms with Crippen molar-refractivity contribution in [3.63, 3.8) is 0 Å². The molecule has 0 saturated carbocycles. The number of amides is 2. The van der Waals surface area contributed by atoms with E-state index in [1.807, 2.05) is 27.7 Å². The van der Waals surface area contributed by atoms with Crippen LogP contribution in [0.15, 0.2) is 10.7 Å². The largest absolute Gasteiger partial charge is 0.466 e. The SMILES string of the molecule is CCOC(=O)CCC(=O)N(Cc1nc(C(=O)NC(C)CC)co1)C(C)CC. The van der Waals surface area contributed by atoms with Gasteiger partial charge < -0.3 is 19.4 Å². The van der Waals surface area contributed by atoms with Crippen LogP contribution in [0.25, 0.3) is 0 Å². The fourth-order valence-corrected chi connectivity index (χ4v) is 2.33. The van der Waals surface area contributed by atoms with Gasteiger partial charge >= 0.3 is 5.97 Å². The molecule has 1 aromatic heterocycles. The van der Waals surface area contributed by atoms with Crippen LogP contribution in [0, 0.1) is 0 Å². The molecule has 1 heterocycles. The van der Waals surface area contributed by atoms with Crippen molar-refractivity contribution in [2.45, 2.75) is 78.9 Å². The molecule has 27 heavy (non-hydrogen) atoms. The number of nitrogens with zero attached hydrogens (tertiary/aromatic N) is 2. The standard InChI is InChI=1S/C19H31N3O5/c1-6-13(4)20-19(25)15-12-27-16(21-15)11-22(14(5)7-2)17(23)9-10-18(24)26-8-3/h12-14H,6-11H2,1-5H3,(H,20,25). The molecule has 2 atom stereocenters. The molecule has 0 aromatic carbocycles. The van der Waals surface area contributed by atoms with E-state index in [4.69, 9.17) is 9.15 Å². The second-order valence-corrected chi connectivity index (χ2v) is 6.49. The summed E-state index contributed by atoms with van der Waals surface area (Å²) in [4.78, 5) is 42.0. The van der Waals surface area contributed by atoms with Gasteiger partial charge in [-0.1, -0.05) is 13.8 Å². The van der Waals surface area contributed by atoms with Gasteiger partial charge in [0.25, 0.3) is 5.91 Å². The number of nitrogens with one attached hydrogen (secondary N) is 1. The van der Waals surface area contributed by atoms with Crippen molar-refractivity contribution in [2.24, 2.45) is 0 Å². The highest BCUT2D eigenvalue weighted by molar-refractivity contribution is 5.92. The monoisotopic (exact) mass is 381 g/mol. The summed E-state index contributed by atoms with van der Waals surface area (Å²) in [6, 6.07) is -0.0114. The number of hydrogen-bond donors (Lipinski definition) is 1. The third-order valence-corrected chi connectivity index (χ3v) is 4.37. The maximum Gasteiger partial charge on any atom is 0.306 e. The van der Waals surface area contributed by atoms with Gasteiger partial charge in [0.1, 0.15) is 6.26 Å². The summed E-state index contributed by atoms with van der Waals surface area (Å²) in [6.45, 7) is 9.94. The van der Waals surface area contributed by atoms with Crippen molar-refractivity contribution >= 4 is 17.8 Å². The number of rotatable bonds is 11. The topological polar surface area (TPSA) is 102 Å². The average Bonchev–Trinajstić information content (AvgIpc) is 3.12. The van der Waals surface area contributed by atoms with Gasteiger partial charge in [-0.3, -0.25) is 14.4 Å². The predicted octanol–water partition coefficient (Wildman–Crippen LogP) is 2.67. The Balaban J connectivity index is 2.75. The molecule has 8 heteroatoms. The zero-order valence-electron chi connectivity index (χ0n) is 16.9. The van der Waals surface area contributed by atoms with Gasteiger partial charge in [0.2, 0.25) is 11.8 Å². The minimum atomic E-state index is -0.393. The number of carbonyl (C=O) groups excluding carboxylic acids is 3. The highest BCUT2D eigenvalue weighted by atomic mass is 16.5. The fraction of sp³-hybridized carbons (Fsp3) is 0.684. The molecule has 0 fully saturated rings. The van der Waals surface area contributed by atoms with Crippen LogP contribution in [-0.4, -0.2) is 46.4 Å². The smallest absolute Gasteiger partial charge is 0.306 e. The highest BCUT2D eigenvalue weighted by Gasteiger charge is 2.23. The molecule has 8 nitrogen and oxygen atoms in total. The number of ether oxygens (including phenoxy) is 1. The third-order valence-electron chi connectivity index (χ3n) is 4.37. The zero-order chi connectivity index (χ0) is 20.4. The van der Waals surface area contributed by atoms with Crippen LogP contribution < -0.4 is 5.32 Å². The van der Waals surface area contributed by atoms with E-state index in [1.54, 1.807) is 11.8 Å². The van der Waals surface area contributed by atoms with E-state index in [0.29, 0.717) is 6.61 Å². The molecule has 1 rings (SSSR count). The molecule has 0 spiro atoms. The maximum absolute atomic E-state index is 12.6. The van der Waals surface area contributed by atoms with Crippen LogP contribution in [-0.2, 0) is 20.9 Å². The van der Waals surface area contributed by atoms with Gasteiger partial charge in [0.05, 0.1) is 19.6 Å².